The molecule has 0 amide bonds. The third-order valence-electron chi connectivity index (χ3n) is 0.925. The lowest BCUT2D eigenvalue weighted by atomic mass is 10.4. The molecule has 0 aliphatic heterocycles. The van der Waals surface area contributed by atoms with Gasteiger partial charge in [0.2, 0.25) is 5.96 Å². The van der Waals surface area contributed by atoms with Crippen LogP contribution in [0.15, 0.2) is 17.1 Å². The number of nitrogens with two attached hydrogens (primary N) is 1. The molecule has 0 aliphatic carbocycles. The van der Waals surface area contributed by atoms with Crippen LogP contribution in [0.5, 0.6) is 0 Å². The van der Waals surface area contributed by atoms with Crippen LogP contribution in [0.4, 0.5) is 0 Å². The highest BCUT2D eigenvalue weighted by Crippen LogP contribution is 1.88. The number of guanidine groups is 1. The summed E-state index contributed by atoms with van der Waals surface area (Å²) in [5.41, 5.74) is 7.74. The molecule has 0 saturated carbocycles. The first-order chi connectivity index (χ1) is 5.57. The van der Waals surface area contributed by atoms with Crippen molar-refractivity contribution in [3.8, 4) is 0 Å². The zero-order valence-corrected chi connectivity index (χ0v) is 7.26. The van der Waals surface area contributed by atoms with Gasteiger partial charge in [0.05, 0.1) is 0 Å². The highest BCUT2D eigenvalue weighted by Gasteiger charge is 2.02. The van der Waals surface area contributed by atoms with Gasteiger partial charge in [-0.3, -0.25) is 4.99 Å². The van der Waals surface area contributed by atoms with E-state index in [9.17, 15) is 4.79 Å². The SMILES string of the molecule is C=C(C)C(=O)ONC(N)=NCC. The molecule has 0 aromatic rings. The molecule has 5 heteroatoms. The maximum Gasteiger partial charge on any atom is 0.358 e. The summed E-state index contributed by atoms with van der Waals surface area (Å²) in [6, 6.07) is 0. The zero-order valence-electron chi connectivity index (χ0n) is 7.26. The van der Waals surface area contributed by atoms with Gasteiger partial charge in [0, 0.05) is 12.1 Å². The van der Waals surface area contributed by atoms with Gasteiger partial charge in [-0.2, -0.15) is 5.48 Å². The van der Waals surface area contributed by atoms with Crippen LogP contribution in [0.3, 0.4) is 0 Å². The van der Waals surface area contributed by atoms with Crippen LogP contribution in [-0.2, 0) is 9.63 Å². The number of rotatable bonds is 2. The Kier molecular flexibility index (Phi) is 4.52. The molecule has 0 saturated heterocycles. The van der Waals surface area contributed by atoms with Crippen LogP contribution in [0, 0.1) is 0 Å². The van der Waals surface area contributed by atoms with E-state index < -0.39 is 5.97 Å². The average molecular weight is 171 g/mol. The highest BCUT2D eigenvalue weighted by atomic mass is 16.7. The standard InChI is InChI=1S/C7H13N3O2/c1-4-9-7(8)10-12-6(11)5(2)3/h2,4H2,1,3H3,(H3,8,9,10). The largest absolute Gasteiger partial charge is 0.368 e. The van der Waals surface area contributed by atoms with Crippen LogP contribution in [0.2, 0.25) is 0 Å². The molecule has 0 radical (unpaired) electrons. The van der Waals surface area contributed by atoms with Gasteiger partial charge in [-0.15, -0.1) is 0 Å². The monoisotopic (exact) mass is 171 g/mol. The zero-order chi connectivity index (χ0) is 9.56. The number of hydrogen-bond donors (Lipinski definition) is 2. The Hall–Kier alpha value is -1.52. The number of hydroxylamine groups is 1. The second-order valence-electron chi connectivity index (χ2n) is 2.13. The van der Waals surface area contributed by atoms with Crippen molar-refractivity contribution >= 4 is 11.9 Å². The minimum atomic E-state index is -0.552. The predicted molar refractivity (Wildman–Crippen MR) is 46.2 cm³/mol. The third-order valence-corrected chi connectivity index (χ3v) is 0.925. The molecule has 0 atom stereocenters. The fourth-order valence-electron chi connectivity index (χ4n) is 0.388. The van der Waals surface area contributed by atoms with Crippen molar-refractivity contribution in [1.82, 2.24) is 5.48 Å². The Morgan fingerprint density at radius 2 is 2.33 bits per heavy atom. The van der Waals surface area contributed by atoms with E-state index in [-0.39, 0.29) is 5.96 Å². The van der Waals surface area contributed by atoms with E-state index >= 15 is 0 Å². The van der Waals surface area contributed by atoms with Crippen molar-refractivity contribution in [2.24, 2.45) is 10.7 Å². The van der Waals surface area contributed by atoms with E-state index in [2.05, 4.69) is 21.9 Å². The van der Waals surface area contributed by atoms with Gasteiger partial charge in [0.15, 0.2) is 0 Å². The van der Waals surface area contributed by atoms with E-state index in [4.69, 9.17) is 5.73 Å². The smallest absolute Gasteiger partial charge is 0.358 e. The lowest BCUT2D eigenvalue weighted by Gasteiger charge is -2.04. The molecule has 0 fully saturated rings. The van der Waals surface area contributed by atoms with Gasteiger partial charge in [0.25, 0.3) is 0 Å². The Morgan fingerprint density at radius 1 is 1.75 bits per heavy atom. The highest BCUT2D eigenvalue weighted by molar-refractivity contribution is 5.88. The summed E-state index contributed by atoms with van der Waals surface area (Å²) >= 11 is 0. The predicted octanol–water partition coefficient (Wildman–Crippen LogP) is -0.0551. The normalized spacial score (nSPS) is 10.7. The van der Waals surface area contributed by atoms with Crippen molar-refractivity contribution in [2.45, 2.75) is 13.8 Å². The first kappa shape index (κ1) is 10.5. The minimum Gasteiger partial charge on any atom is -0.368 e. The number of hydrogen-bond acceptors (Lipinski definition) is 3. The number of nitrogens with zero attached hydrogens (tertiary/aromatic N) is 1. The number of carbonyl (C=O) groups excluding carboxylic acids is 1. The number of nitrogens with one attached hydrogen (secondary N) is 1. The van der Waals surface area contributed by atoms with E-state index in [1.54, 1.807) is 0 Å². The van der Waals surface area contributed by atoms with Gasteiger partial charge < -0.3 is 10.6 Å². The summed E-state index contributed by atoms with van der Waals surface area (Å²) < 4.78 is 0. The summed E-state index contributed by atoms with van der Waals surface area (Å²) in [7, 11) is 0. The van der Waals surface area contributed by atoms with Crippen molar-refractivity contribution < 1.29 is 9.63 Å². The second kappa shape index (κ2) is 5.17. The summed E-state index contributed by atoms with van der Waals surface area (Å²) in [4.78, 5) is 19.0. The third kappa shape index (κ3) is 4.32. The average Bonchev–Trinajstić information content (AvgIpc) is 2.00. The van der Waals surface area contributed by atoms with Crippen LogP contribution in [-0.4, -0.2) is 18.5 Å². The minimum absolute atomic E-state index is 0.0760. The van der Waals surface area contributed by atoms with Crippen molar-refractivity contribution in [2.75, 3.05) is 6.54 Å². The van der Waals surface area contributed by atoms with Gasteiger partial charge in [0.1, 0.15) is 0 Å². The first-order valence-electron chi connectivity index (χ1n) is 3.50. The first-order valence-corrected chi connectivity index (χ1v) is 3.50. The summed E-state index contributed by atoms with van der Waals surface area (Å²) in [5, 5.41) is 0. The van der Waals surface area contributed by atoms with Gasteiger partial charge >= 0.3 is 5.97 Å². The topological polar surface area (TPSA) is 76.7 Å². The molecule has 0 aliphatic rings. The summed E-state index contributed by atoms with van der Waals surface area (Å²) in [6.07, 6.45) is 0. The van der Waals surface area contributed by atoms with Crippen LogP contribution >= 0.6 is 0 Å². The molecular formula is C7H13N3O2. The Bertz CT molecular complexity index is 211. The molecule has 5 nitrogen and oxygen atoms in total. The van der Waals surface area contributed by atoms with Gasteiger partial charge in [-0.1, -0.05) is 6.58 Å². The maximum atomic E-state index is 10.8. The second-order valence-corrected chi connectivity index (χ2v) is 2.13. The van der Waals surface area contributed by atoms with Crippen molar-refractivity contribution in [3.05, 3.63) is 12.2 Å². The molecule has 0 heterocycles. The maximum absolute atomic E-state index is 10.8. The molecule has 0 aromatic heterocycles. The fraction of sp³-hybridized carbons (Fsp3) is 0.429. The van der Waals surface area contributed by atoms with Crippen LogP contribution < -0.4 is 11.2 Å². The van der Waals surface area contributed by atoms with Crippen molar-refractivity contribution in [3.63, 3.8) is 0 Å². The number of carbonyl (C=O) groups is 1. The molecule has 12 heavy (non-hydrogen) atoms. The molecule has 0 unspecified atom stereocenters. The van der Waals surface area contributed by atoms with E-state index in [1.165, 1.54) is 6.92 Å². The van der Waals surface area contributed by atoms with Crippen molar-refractivity contribution in [1.29, 1.82) is 0 Å². The van der Waals surface area contributed by atoms with E-state index in [0.717, 1.165) is 0 Å². The molecular weight excluding hydrogens is 158 g/mol. The van der Waals surface area contributed by atoms with Gasteiger partial charge in [-0.05, 0) is 13.8 Å². The number of aliphatic imine (C=N–C) groups is 1. The molecule has 0 spiro atoms. The molecule has 0 aromatic carbocycles. The fourth-order valence-corrected chi connectivity index (χ4v) is 0.388. The van der Waals surface area contributed by atoms with E-state index in [1.807, 2.05) is 6.92 Å². The Balaban J connectivity index is 3.76. The lowest BCUT2D eigenvalue weighted by Crippen LogP contribution is -2.34. The van der Waals surface area contributed by atoms with Gasteiger partial charge in [-0.25, -0.2) is 4.79 Å². The summed E-state index contributed by atoms with van der Waals surface area (Å²) in [6.45, 7) is 7.27. The quantitative estimate of drug-likeness (QED) is 0.264. The molecule has 3 N–H and O–H groups in total. The molecule has 0 rings (SSSR count). The van der Waals surface area contributed by atoms with E-state index in [0.29, 0.717) is 12.1 Å². The van der Waals surface area contributed by atoms with Crippen LogP contribution in [0.1, 0.15) is 13.8 Å². The Morgan fingerprint density at radius 3 is 2.75 bits per heavy atom. The lowest BCUT2D eigenvalue weighted by molar-refractivity contribution is -0.143. The molecule has 68 valence electrons. The summed E-state index contributed by atoms with van der Waals surface area (Å²) in [5.74, 6) is -0.476. The van der Waals surface area contributed by atoms with Crippen LogP contribution in [0.25, 0.3) is 0 Å². The molecule has 0 bridgehead atoms. The Labute approximate surface area is 71.3 Å².